The first-order valence-electron chi connectivity index (χ1n) is 7.16. The van der Waals surface area contributed by atoms with Gasteiger partial charge in [0.05, 0.1) is 5.69 Å². The van der Waals surface area contributed by atoms with Crippen molar-refractivity contribution in [3.8, 4) is 22.4 Å². The number of pyridine rings is 1. The molecular weight excluding hydrogens is 254 g/mol. The minimum absolute atomic E-state index is 0.993. The molecule has 1 nitrogen and oxygen atoms in total. The third kappa shape index (κ3) is 1.90. The van der Waals surface area contributed by atoms with Crippen molar-refractivity contribution in [2.75, 3.05) is 0 Å². The SMILES string of the molecule is C=Cc1ccc(-c2cccc3c2Cc2ccccc2-3)nc1. The highest BCUT2D eigenvalue weighted by atomic mass is 14.7. The lowest BCUT2D eigenvalue weighted by atomic mass is 9.98. The van der Waals surface area contributed by atoms with Crippen molar-refractivity contribution in [3.05, 3.63) is 84.1 Å². The first-order chi connectivity index (χ1) is 10.4. The van der Waals surface area contributed by atoms with Crippen LogP contribution in [0.2, 0.25) is 0 Å². The predicted octanol–water partition coefficient (Wildman–Crippen LogP) is 4.96. The Balaban J connectivity index is 1.87. The number of aromatic nitrogens is 1. The van der Waals surface area contributed by atoms with Gasteiger partial charge in [-0.25, -0.2) is 0 Å². The molecule has 21 heavy (non-hydrogen) atoms. The van der Waals surface area contributed by atoms with Crippen LogP contribution in [0.5, 0.6) is 0 Å². The maximum Gasteiger partial charge on any atom is 0.0705 e. The fourth-order valence-electron chi connectivity index (χ4n) is 3.08. The van der Waals surface area contributed by atoms with Gasteiger partial charge in [-0.1, -0.05) is 61.2 Å². The Labute approximate surface area is 124 Å². The van der Waals surface area contributed by atoms with Crippen molar-refractivity contribution in [2.45, 2.75) is 6.42 Å². The highest BCUT2D eigenvalue weighted by molar-refractivity contribution is 5.83. The van der Waals surface area contributed by atoms with Crippen molar-refractivity contribution in [1.82, 2.24) is 4.98 Å². The average molecular weight is 269 g/mol. The molecule has 0 amide bonds. The van der Waals surface area contributed by atoms with E-state index in [0.29, 0.717) is 0 Å². The molecule has 0 bridgehead atoms. The molecular formula is C20H15N. The van der Waals surface area contributed by atoms with Gasteiger partial charge in [0.1, 0.15) is 0 Å². The van der Waals surface area contributed by atoms with Crippen LogP contribution < -0.4 is 0 Å². The summed E-state index contributed by atoms with van der Waals surface area (Å²) >= 11 is 0. The second-order valence-electron chi connectivity index (χ2n) is 5.35. The fourth-order valence-corrected chi connectivity index (χ4v) is 3.08. The van der Waals surface area contributed by atoms with E-state index in [1.54, 1.807) is 0 Å². The van der Waals surface area contributed by atoms with Crippen LogP contribution in [0.4, 0.5) is 0 Å². The number of hydrogen-bond donors (Lipinski definition) is 0. The lowest BCUT2D eigenvalue weighted by Gasteiger charge is -2.08. The molecule has 0 fully saturated rings. The molecule has 0 unspecified atom stereocenters. The molecule has 2 aromatic carbocycles. The van der Waals surface area contributed by atoms with E-state index in [2.05, 4.69) is 66.2 Å². The van der Waals surface area contributed by atoms with Crippen molar-refractivity contribution >= 4 is 6.08 Å². The van der Waals surface area contributed by atoms with E-state index in [1.165, 1.54) is 27.8 Å². The van der Waals surface area contributed by atoms with Crippen LogP contribution in [-0.4, -0.2) is 4.98 Å². The molecule has 1 heteroatoms. The van der Waals surface area contributed by atoms with Crippen molar-refractivity contribution in [3.63, 3.8) is 0 Å². The summed E-state index contributed by atoms with van der Waals surface area (Å²) in [6, 6.07) is 19.3. The van der Waals surface area contributed by atoms with E-state index in [1.807, 2.05) is 12.3 Å². The molecule has 3 aromatic rings. The molecule has 0 spiro atoms. The minimum atomic E-state index is 0.993. The second-order valence-corrected chi connectivity index (χ2v) is 5.35. The van der Waals surface area contributed by atoms with Crippen LogP contribution in [0, 0.1) is 0 Å². The summed E-state index contributed by atoms with van der Waals surface area (Å²) in [4.78, 5) is 4.59. The fraction of sp³-hybridized carbons (Fsp3) is 0.0500. The van der Waals surface area contributed by atoms with Crippen LogP contribution in [0.1, 0.15) is 16.7 Å². The maximum absolute atomic E-state index is 4.59. The Morgan fingerprint density at radius 2 is 1.67 bits per heavy atom. The quantitative estimate of drug-likeness (QED) is 0.501. The van der Waals surface area contributed by atoms with Crippen molar-refractivity contribution < 1.29 is 0 Å². The number of rotatable bonds is 2. The van der Waals surface area contributed by atoms with E-state index < -0.39 is 0 Å². The first kappa shape index (κ1) is 12.1. The van der Waals surface area contributed by atoms with Crippen LogP contribution in [0.25, 0.3) is 28.5 Å². The molecule has 1 aromatic heterocycles. The Morgan fingerprint density at radius 1 is 0.857 bits per heavy atom. The predicted molar refractivity (Wildman–Crippen MR) is 88.0 cm³/mol. The Hall–Kier alpha value is -2.67. The van der Waals surface area contributed by atoms with Gasteiger partial charge in [-0.05, 0) is 40.3 Å². The third-order valence-electron chi connectivity index (χ3n) is 4.15. The summed E-state index contributed by atoms with van der Waals surface area (Å²) in [6.45, 7) is 3.78. The third-order valence-corrected chi connectivity index (χ3v) is 4.15. The highest BCUT2D eigenvalue weighted by Gasteiger charge is 2.21. The van der Waals surface area contributed by atoms with Crippen LogP contribution >= 0.6 is 0 Å². The van der Waals surface area contributed by atoms with Gasteiger partial charge in [0, 0.05) is 11.8 Å². The number of benzene rings is 2. The van der Waals surface area contributed by atoms with Gasteiger partial charge in [0.25, 0.3) is 0 Å². The molecule has 0 atom stereocenters. The zero-order valence-electron chi connectivity index (χ0n) is 11.7. The number of hydrogen-bond acceptors (Lipinski definition) is 1. The lowest BCUT2D eigenvalue weighted by Crippen LogP contribution is -1.90. The topological polar surface area (TPSA) is 12.9 Å². The number of nitrogens with zero attached hydrogens (tertiary/aromatic N) is 1. The molecule has 1 aliphatic carbocycles. The molecule has 1 heterocycles. The first-order valence-corrected chi connectivity index (χ1v) is 7.16. The van der Waals surface area contributed by atoms with Gasteiger partial charge in [0.2, 0.25) is 0 Å². The standard InChI is InChI=1S/C20H15N/c1-2-14-10-11-20(21-13-14)18-9-5-8-17-16-7-4-3-6-15(16)12-19(17)18/h2-11,13H,1,12H2. The summed E-state index contributed by atoms with van der Waals surface area (Å²) in [6.07, 6.45) is 4.69. The molecule has 0 aliphatic heterocycles. The molecule has 0 radical (unpaired) electrons. The highest BCUT2D eigenvalue weighted by Crippen LogP contribution is 2.40. The van der Waals surface area contributed by atoms with E-state index in [4.69, 9.17) is 0 Å². The summed E-state index contributed by atoms with van der Waals surface area (Å²) in [5.41, 5.74) is 8.81. The van der Waals surface area contributed by atoms with Gasteiger partial charge in [-0.3, -0.25) is 4.98 Å². The van der Waals surface area contributed by atoms with Gasteiger partial charge in [-0.2, -0.15) is 0 Å². The normalized spacial score (nSPS) is 11.8. The van der Waals surface area contributed by atoms with Crippen molar-refractivity contribution in [1.29, 1.82) is 0 Å². The molecule has 100 valence electrons. The van der Waals surface area contributed by atoms with E-state index >= 15 is 0 Å². The van der Waals surface area contributed by atoms with Crippen molar-refractivity contribution in [2.24, 2.45) is 0 Å². The average Bonchev–Trinajstić information content (AvgIpc) is 2.94. The maximum atomic E-state index is 4.59. The van der Waals surface area contributed by atoms with Crippen LogP contribution in [0.15, 0.2) is 67.4 Å². The lowest BCUT2D eigenvalue weighted by molar-refractivity contribution is 1.24. The zero-order valence-corrected chi connectivity index (χ0v) is 11.7. The molecule has 0 saturated heterocycles. The summed E-state index contributed by atoms with van der Waals surface area (Å²) < 4.78 is 0. The monoisotopic (exact) mass is 269 g/mol. The largest absolute Gasteiger partial charge is 0.256 e. The summed E-state index contributed by atoms with van der Waals surface area (Å²) in [7, 11) is 0. The number of fused-ring (bicyclic) bond motifs is 3. The molecule has 0 N–H and O–H groups in total. The summed E-state index contributed by atoms with van der Waals surface area (Å²) in [5.74, 6) is 0. The van der Waals surface area contributed by atoms with E-state index in [9.17, 15) is 0 Å². The molecule has 4 rings (SSSR count). The molecule has 0 saturated carbocycles. The minimum Gasteiger partial charge on any atom is -0.256 e. The summed E-state index contributed by atoms with van der Waals surface area (Å²) in [5, 5.41) is 0. The van der Waals surface area contributed by atoms with E-state index in [0.717, 1.165) is 17.7 Å². The van der Waals surface area contributed by atoms with Crippen LogP contribution in [0.3, 0.4) is 0 Å². The molecule has 1 aliphatic rings. The van der Waals surface area contributed by atoms with Gasteiger partial charge < -0.3 is 0 Å². The second kappa shape index (κ2) is 4.71. The van der Waals surface area contributed by atoms with Crippen LogP contribution in [-0.2, 0) is 6.42 Å². The van der Waals surface area contributed by atoms with Gasteiger partial charge >= 0.3 is 0 Å². The Kier molecular flexibility index (Phi) is 2.71. The smallest absolute Gasteiger partial charge is 0.0705 e. The Bertz CT molecular complexity index is 829. The zero-order chi connectivity index (χ0) is 14.2. The van der Waals surface area contributed by atoms with Gasteiger partial charge in [-0.15, -0.1) is 0 Å². The van der Waals surface area contributed by atoms with Gasteiger partial charge in [0.15, 0.2) is 0 Å². The Morgan fingerprint density at radius 3 is 2.48 bits per heavy atom. The van der Waals surface area contributed by atoms with E-state index in [-0.39, 0.29) is 0 Å².